The van der Waals surface area contributed by atoms with Gasteiger partial charge in [0.15, 0.2) is 7.28 Å². The summed E-state index contributed by atoms with van der Waals surface area (Å²) in [4.78, 5) is 0. The van der Waals surface area contributed by atoms with Gasteiger partial charge < -0.3 is 0 Å². The lowest BCUT2D eigenvalue weighted by atomic mass is 9.73. The van der Waals surface area contributed by atoms with Gasteiger partial charge in [0.2, 0.25) is 0 Å². The molecular weight excluding hydrogens is 342 g/mol. The molecular formula is C26H21BF. The first-order chi connectivity index (χ1) is 13.5. The van der Waals surface area contributed by atoms with Crippen molar-refractivity contribution in [1.29, 1.82) is 0 Å². The Balaban J connectivity index is 1.76. The minimum atomic E-state index is -0.249. The Morgan fingerprint density at radius 3 is 1.61 bits per heavy atom. The molecule has 0 aliphatic carbocycles. The van der Waals surface area contributed by atoms with Crippen LogP contribution in [0.1, 0.15) is 38.9 Å². The zero-order valence-corrected chi connectivity index (χ0v) is 16.7. The summed E-state index contributed by atoms with van der Waals surface area (Å²) in [6.07, 6.45) is 0. The topological polar surface area (TPSA) is 0 Å². The summed E-state index contributed by atoms with van der Waals surface area (Å²) in [7, 11) is 1.74. The first kappa shape index (κ1) is 19.5. The van der Waals surface area contributed by atoms with Gasteiger partial charge in [-0.25, -0.2) is 4.39 Å². The molecule has 0 heterocycles. The van der Waals surface area contributed by atoms with Crippen molar-refractivity contribution in [3.05, 3.63) is 99.4 Å². The van der Waals surface area contributed by atoms with Gasteiger partial charge in [0.05, 0.1) is 0 Å². The molecule has 0 aromatic heterocycles. The normalized spacial score (nSPS) is 9.75. The maximum atomic E-state index is 13.8. The molecule has 0 atom stereocenters. The molecule has 1 radical (unpaired) electrons. The molecule has 3 aromatic carbocycles. The number of halogens is 1. The number of aryl methyl sites for hydroxylation is 2. The maximum Gasteiger partial charge on any atom is 0.152 e. The van der Waals surface area contributed by atoms with E-state index in [1.54, 1.807) is 13.3 Å². The van der Waals surface area contributed by atoms with Crippen LogP contribution in [-0.4, -0.2) is 7.28 Å². The molecule has 0 saturated carbocycles. The second-order valence-electron chi connectivity index (χ2n) is 6.84. The van der Waals surface area contributed by atoms with Gasteiger partial charge in [-0.15, -0.1) is 0 Å². The van der Waals surface area contributed by atoms with Crippen molar-refractivity contribution >= 4 is 12.7 Å². The zero-order valence-electron chi connectivity index (χ0n) is 16.7. The number of rotatable bonds is 1. The zero-order chi connectivity index (χ0) is 20.1. The van der Waals surface area contributed by atoms with Gasteiger partial charge >= 0.3 is 0 Å². The highest BCUT2D eigenvalue weighted by atomic mass is 19.1. The van der Waals surface area contributed by atoms with Crippen LogP contribution >= 0.6 is 0 Å². The molecule has 0 nitrogen and oxygen atoms in total. The lowest BCUT2D eigenvalue weighted by molar-refractivity contribution is 0.635. The molecule has 0 fully saturated rings. The molecule has 3 rings (SSSR count). The Labute approximate surface area is 168 Å². The first-order valence-electron chi connectivity index (χ1n) is 9.27. The summed E-state index contributed by atoms with van der Waals surface area (Å²) >= 11 is 0. The smallest absolute Gasteiger partial charge is 0.152 e. The van der Waals surface area contributed by atoms with Gasteiger partial charge in [0.1, 0.15) is 5.82 Å². The Morgan fingerprint density at radius 2 is 1.11 bits per heavy atom. The van der Waals surface area contributed by atoms with Gasteiger partial charge in [-0.05, 0) is 86.0 Å². The molecule has 0 bridgehead atoms. The van der Waals surface area contributed by atoms with Crippen LogP contribution in [0.5, 0.6) is 0 Å². The van der Waals surface area contributed by atoms with E-state index in [-0.39, 0.29) is 5.82 Å². The SMILES string of the molecule is C[B]c1ccc(C#Cc2ccc(C#Cc3cc(C)c(C)c(C)c3)cc2)cc1F. The highest BCUT2D eigenvalue weighted by Gasteiger charge is 2.00. The fourth-order valence-corrected chi connectivity index (χ4v) is 2.87. The third-order valence-corrected chi connectivity index (χ3v) is 4.83. The van der Waals surface area contributed by atoms with E-state index < -0.39 is 0 Å². The van der Waals surface area contributed by atoms with Crippen LogP contribution in [0, 0.1) is 50.3 Å². The Bertz CT molecular complexity index is 1110. The van der Waals surface area contributed by atoms with Crippen molar-refractivity contribution in [3.63, 3.8) is 0 Å². The monoisotopic (exact) mass is 363 g/mol. The van der Waals surface area contributed by atoms with Gasteiger partial charge in [-0.2, -0.15) is 0 Å². The van der Waals surface area contributed by atoms with E-state index in [9.17, 15) is 4.39 Å². The second kappa shape index (κ2) is 8.64. The van der Waals surface area contributed by atoms with Crippen molar-refractivity contribution in [2.24, 2.45) is 0 Å². The molecule has 0 aliphatic rings. The molecule has 0 saturated heterocycles. The summed E-state index contributed by atoms with van der Waals surface area (Å²) in [6, 6.07) is 17.1. The summed E-state index contributed by atoms with van der Waals surface area (Å²) in [5.41, 5.74) is 7.93. The van der Waals surface area contributed by atoms with Gasteiger partial charge in [0, 0.05) is 22.3 Å². The third-order valence-electron chi connectivity index (χ3n) is 4.83. The molecule has 0 N–H and O–H groups in total. The third kappa shape index (κ3) is 4.73. The van der Waals surface area contributed by atoms with Gasteiger partial charge in [-0.3, -0.25) is 0 Å². The Hall–Kier alpha value is -3.23. The molecule has 28 heavy (non-hydrogen) atoms. The lowest BCUT2D eigenvalue weighted by Gasteiger charge is -2.04. The average molecular weight is 363 g/mol. The predicted molar refractivity (Wildman–Crippen MR) is 117 cm³/mol. The average Bonchev–Trinajstić information content (AvgIpc) is 2.69. The second-order valence-corrected chi connectivity index (χ2v) is 6.84. The van der Waals surface area contributed by atoms with E-state index in [0.29, 0.717) is 11.0 Å². The van der Waals surface area contributed by atoms with Crippen molar-refractivity contribution in [1.82, 2.24) is 0 Å². The van der Waals surface area contributed by atoms with Crippen molar-refractivity contribution < 1.29 is 4.39 Å². The minimum absolute atomic E-state index is 0.249. The maximum absolute atomic E-state index is 13.8. The fourth-order valence-electron chi connectivity index (χ4n) is 2.87. The van der Waals surface area contributed by atoms with E-state index in [1.807, 2.05) is 37.2 Å². The van der Waals surface area contributed by atoms with E-state index >= 15 is 0 Å². The van der Waals surface area contributed by atoms with Crippen molar-refractivity contribution in [2.45, 2.75) is 27.6 Å². The quantitative estimate of drug-likeness (QED) is 0.425. The van der Waals surface area contributed by atoms with Crippen LogP contribution in [0.2, 0.25) is 6.82 Å². The van der Waals surface area contributed by atoms with E-state index in [1.165, 1.54) is 22.8 Å². The molecule has 0 unspecified atom stereocenters. The molecule has 3 aromatic rings. The minimum Gasteiger partial charge on any atom is -0.208 e. The highest BCUT2D eigenvalue weighted by molar-refractivity contribution is 6.52. The first-order valence-corrected chi connectivity index (χ1v) is 9.27. The van der Waals surface area contributed by atoms with Crippen LogP contribution in [-0.2, 0) is 0 Å². The van der Waals surface area contributed by atoms with E-state index in [2.05, 4.69) is 56.6 Å². The number of hydrogen-bond donors (Lipinski definition) is 0. The van der Waals surface area contributed by atoms with Crippen LogP contribution < -0.4 is 5.46 Å². The molecule has 2 heteroatoms. The van der Waals surface area contributed by atoms with Crippen LogP contribution in [0.15, 0.2) is 54.6 Å². The van der Waals surface area contributed by atoms with E-state index in [4.69, 9.17) is 0 Å². The Kier molecular flexibility index (Phi) is 6.03. The summed E-state index contributed by atoms with van der Waals surface area (Å²) in [5.74, 6) is 12.3. The van der Waals surface area contributed by atoms with Crippen LogP contribution in [0.4, 0.5) is 4.39 Å². The number of benzene rings is 3. The fraction of sp³-hybridized carbons (Fsp3) is 0.154. The Morgan fingerprint density at radius 1 is 0.643 bits per heavy atom. The molecule has 0 aliphatic heterocycles. The van der Waals surface area contributed by atoms with Gasteiger partial charge in [-0.1, -0.05) is 42.0 Å². The predicted octanol–water partition coefficient (Wildman–Crippen LogP) is 4.93. The van der Waals surface area contributed by atoms with Gasteiger partial charge in [0.25, 0.3) is 0 Å². The lowest BCUT2D eigenvalue weighted by Crippen LogP contribution is -2.15. The molecule has 0 amide bonds. The van der Waals surface area contributed by atoms with Crippen LogP contribution in [0.25, 0.3) is 0 Å². The largest absolute Gasteiger partial charge is 0.208 e. The van der Waals surface area contributed by atoms with Crippen LogP contribution in [0.3, 0.4) is 0 Å². The molecule has 135 valence electrons. The van der Waals surface area contributed by atoms with Crippen molar-refractivity contribution in [3.8, 4) is 23.7 Å². The van der Waals surface area contributed by atoms with E-state index in [0.717, 1.165) is 16.7 Å². The molecule has 0 spiro atoms. The number of hydrogen-bond acceptors (Lipinski definition) is 0. The summed E-state index contributed by atoms with van der Waals surface area (Å²) in [5, 5.41) is 0. The standard InChI is InChI=1S/C26H21BF/c1-18-15-24(16-19(2)20(18)3)12-10-22-7-5-21(6-8-22)9-11-23-13-14-25(27-4)26(28)17-23/h5-8,13-17H,1-4H3. The summed E-state index contributed by atoms with van der Waals surface area (Å²) < 4.78 is 13.8. The van der Waals surface area contributed by atoms with Crippen molar-refractivity contribution in [2.75, 3.05) is 0 Å². The highest BCUT2D eigenvalue weighted by Crippen LogP contribution is 2.15. The summed E-state index contributed by atoms with van der Waals surface area (Å²) in [6.45, 7) is 8.17.